The average Bonchev–Trinajstić information content (AvgIpc) is 3.29. The molecule has 1 N–H and O–H groups in total. The van der Waals surface area contributed by atoms with Crippen LogP contribution in [0.15, 0.2) is 78.9 Å². The second-order valence-electron chi connectivity index (χ2n) is 11.7. The summed E-state index contributed by atoms with van der Waals surface area (Å²) in [7, 11) is 0. The molecule has 3 atom stereocenters. The van der Waals surface area contributed by atoms with Gasteiger partial charge in [-0.15, -0.1) is 0 Å². The smallest absolute Gasteiger partial charge is 0.421 e. The third kappa shape index (κ3) is 6.73. The summed E-state index contributed by atoms with van der Waals surface area (Å²) < 4.78 is 66.4. The predicted octanol–water partition coefficient (Wildman–Crippen LogP) is 7.08. The SMILES string of the molecule is CC(C)(C)OC(=O)N1C[C@@H](c2ccc(C(C)(O)C(F)(F)F)cc2)[C@@](COCc2ccccc2)(c2ccc(F)cc2)C1. The highest BCUT2D eigenvalue weighted by atomic mass is 19.4. The number of ether oxygens (including phenoxy) is 2. The zero-order valence-corrected chi connectivity index (χ0v) is 23.5. The molecule has 0 bridgehead atoms. The Morgan fingerprint density at radius 3 is 2.12 bits per heavy atom. The molecule has 3 aromatic carbocycles. The minimum absolute atomic E-state index is 0.138. The maximum atomic E-state index is 14.0. The molecule has 0 saturated carbocycles. The molecule has 1 aliphatic rings. The Bertz CT molecular complexity index is 1320. The van der Waals surface area contributed by atoms with Crippen molar-refractivity contribution in [1.82, 2.24) is 4.90 Å². The van der Waals surface area contributed by atoms with Crippen LogP contribution >= 0.6 is 0 Å². The summed E-state index contributed by atoms with van der Waals surface area (Å²) in [5.41, 5.74) is -2.66. The Morgan fingerprint density at radius 1 is 0.951 bits per heavy atom. The van der Waals surface area contributed by atoms with E-state index in [9.17, 15) is 27.5 Å². The van der Waals surface area contributed by atoms with E-state index in [1.54, 1.807) is 37.8 Å². The zero-order valence-electron chi connectivity index (χ0n) is 23.5. The molecule has 41 heavy (non-hydrogen) atoms. The number of aliphatic hydroxyl groups is 1. The number of hydrogen-bond donors (Lipinski definition) is 1. The first-order chi connectivity index (χ1) is 19.1. The van der Waals surface area contributed by atoms with Crippen LogP contribution in [0, 0.1) is 5.82 Å². The van der Waals surface area contributed by atoms with Crippen LogP contribution in [0.5, 0.6) is 0 Å². The molecule has 1 saturated heterocycles. The Kier molecular flexibility index (Phi) is 8.52. The first kappa shape index (κ1) is 30.5. The summed E-state index contributed by atoms with van der Waals surface area (Å²) in [6.07, 6.45) is -5.40. The summed E-state index contributed by atoms with van der Waals surface area (Å²) in [5.74, 6) is -0.868. The van der Waals surface area contributed by atoms with Crippen LogP contribution in [-0.4, -0.2) is 47.6 Å². The highest BCUT2D eigenvalue weighted by Gasteiger charge is 2.53. The molecule has 1 unspecified atom stereocenters. The van der Waals surface area contributed by atoms with E-state index in [1.807, 2.05) is 30.3 Å². The molecule has 0 aliphatic carbocycles. The topological polar surface area (TPSA) is 59.0 Å². The first-order valence-corrected chi connectivity index (χ1v) is 13.4. The molecule has 1 heterocycles. The van der Waals surface area contributed by atoms with Crippen molar-refractivity contribution in [1.29, 1.82) is 0 Å². The monoisotopic (exact) mass is 573 g/mol. The van der Waals surface area contributed by atoms with Crippen molar-refractivity contribution >= 4 is 6.09 Å². The molecular formula is C32H35F4NO4. The first-order valence-electron chi connectivity index (χ1n) is 13.4. The van der Waals surface area contributed by atoms with Gasteiger partial charge in [-0.25, -0.2) is 9.18 Å². The fraction of sp³-hybridized carbons (Fsp3) is 0.406. The van der Waals surface area contributed by atoms with E-state index in [4.69, 9.17) is 9.47 Å². The van der Waals surface area contributed by atoms with E-state index in [0.29, 0.717) is 12.5 Å². The normalized spacial score (nSPS) is 21.0. The fourth-order valence-corrected chi connectivity index (χ4v) is 5.23. The van der Waals surface area contributed by atoms with E-state index in [-0.39, 0.29) is 31.9 Å². The van der Waals surface area contributed by atoms with Gasteiger partial charge in [0.15, 0.2) is 5.60 Å². The van der Waals surface area contributed by atoms with Crippen LogP contribution in [0.3, 0.4) is 0 Å². The van der Waals surface area contributed by atoms with Gasteiger partial charge in [0.05, 0.1) is 13.2 Å². The molecule has 9 heteroatoms. The van der Waals surface area contributed by atoms with Gasteiger partial charge in [0.2, 0.25) is 0 Å². The van der Waals surface area contributed by atoms with Crippen molar-refractivity contribution in [3.8, 4) is 0 Å². The van der Waals surface area contributed by atoms with Crippen molar-refractivity contribution in [3.05, 3.63) is 107 Å². The van der Waals surface area contributed by atoms with Crippen molar-refractivity contribution in [3.63, 3.8) is 0 Å². The van der Waals surface area contributed by atoms with Crippen LogP contribution in [0.2, 0.25) is 0 Å². The van der Waals surface area contributed by atoms with Gasteiger partial charge in [0.1, 0.15) is 11.4 Å². The number of halogens is 4. The fourth-order valence-electron chi connectivity index (χ4n) is 5.23. The third-order valence-electron chi connectivity index (χ3n) is 7.51. The Labute approximate surface area is 237 Å². The third-order valence-corrected chi connectivity index (χ3v) is 7.51. The summed E-state index contributed by atoms with van der Waals surface area (Å²) in [6, 6.07) is 21.1. The molecule has 220 valence electrons. The van der Waals surface area contributed by atoms with E-state index >= 15 is 0 Å². The summed E-state index contributed by atoms with van der Waals surface area (Å²) in [4.78, 5) is 14.8. The lowest BCUT2D eigenvalue weighted by Crippen LogP contribution is -2.41. The molecular weight excluding hydrogens is 538 g/mol. The van der Waals surface area contributed by atoms with Crippen LogP contribution in [0.1, 0.15) is 55.9 Å². The van der Waals surface area contributed by atoms with Gasteiger partial charge >= 0.3 is 12.3 Å². The van der Waals surface area contributed by atoms with E-state index in [2.05, 4.69) is 0 Å². The zero-order chi connectivity index (χ0) is 30.1. The Morgan fingerprint density at radius 2 is 1.56 bits per heavy atom. The average molecular weight is 574 g/mol. The number of hydrogen-bond acceptors (Lipinski definition) is 4. The van der Waals surface area contributed by atoms with Gasteiger partial charge in [-0.2, -0.15) is 13.2 Å². The lowest BCUT2D eigenvalue weighted by atomic mass is 9.70. The number of alkyl halides is 3. The summed E-state index contributed by atoms with van der Waals surface area (Å²) >= 11 is 0. The predicted molar refractivity (Wildman–Crippen MR) is 147 cm³/mol. The standard InChI is InChI=1S/C32H35F4NO4/c1-29(2,3)41-28(38)37-18-27(23-10-12-24(13-11-23)30(4,39)32(34,35)36)31(20-37,25-14-16-26(33)17-15-25)21-40-19-22-8-6-5-7-9-22/h5-17,27,39H,18-21H2,1-4H3/t27-,30?,31-/m0/s1. The molecule has 5 nitrogen and oxygen atoms in total. The van der Waals surface area contributed by atoms with Gasteiger partial charge < -0.3 is 19.5 Å². The maximum absolute atomic E-state index is 14.0. The lowest BCUT2D eigenvalue weighted by molar-refractivity contribution is -0.258. The van der Waals surface area contributed by atoms with Gasteiger partial charge in [-0.3, -0.25) is 0 Å². The molecule has 1 fully saturated rings. The Hall–Kier alpha value is -3.43. The highest BCUT2D eigenvalue weighted by Crippen LogP contribution is 2.47. The van der Waals surface area contributed by atoms with E-state index < -0.39 is 40.6 Å². The second-order valence-corrected chi connectivity index (χ2v) is 11.7. The summed E-state index contributed by atoms with van der Waals surface area (Å²) in [5, 5.41) is 10.2. The molecule has 4 rings (SSSR count). The lowest BCUT2D eigenvalue weighted by Gasteiger charge is -2.36. The summed E-state index contributed by atoms with van der Waals surface area (Å²) in [6.45, 7) is 6.79. The van der Waals surface area contributed by atoms with Crippen molar-refractivity contribution in [2.75, 3.05) is 19.7 Å². The highest BCUT2D eigenvalue weighted by molar-refractivity contribution is 5.69. The van der Waals surface area contributed by atoms with Gasteiger partial charge in [-0.1, -0.05) is 66.7 Å². The molecule has 3 aromatic rings. The van der Waals surface area contributed by atoms with Gasteiger partial charge in [0.25, 0.3) is 0 Å². The van der Waals surface area contributed by atoms with Crippen molar-refractivity contribution in [2.24, 2.45) is 0 Å². The molecule has 1 aliphatic heterocycles. The van der Waals surface area contributed by atoms with Gasteiger partial charge in [0, 0.05) is 24.4 Å². The number of likely N-dealkylation sites (tertiary alicyclic amines) is 1. The van der Waals surface area contributed by atoms with Crippen molar-refractivity contribution in [2.45, 2.75) is 63.0 Å². The van der Waals surface area contributed by atoms with Crippen LogP contribution < -0.4 is 0 Å². The van der Waals surface area contributed by atoms with E-state index in [1.165, 1.54) is 36.4 Å². The van der Waals surface area contributed by atoms with Crippen LogP contribution in [0.4, 0.5) is 22.4 Å². The molecule has 0 spiro atoms. The quantitative estimate of drug-likeness (QED) is 0.307. The molecule has 0 aromatic heterocycles. The molecule has 1 amide bonds. The minimum Gasteiger partial charge on any atom is -0.444 e. The number of amides is 1. The minimum atomic E-state index is -4.86. The van der Waals surface area contributed by atoms with Crippen LogP contribution in [0.25, 0.3) is 0 Å². The number of nitrogens with zero attached hydrogens (tertiary/aromatic N) is 1. The number of rotatable bonds is 7. The maximum Gasteiger partial charge on any atom is 0.421 e. The van der Waals surface area contributed by atoms with E-state index in [0.717, 1.165) is 11.1 Å². The van der Waals surface area contributed by atoms with Crippen LogP contribution in [-0.2, 0) is 27.1 Å². The number of carbonyl (C=O) groups excluding carboxylic acids is 1. The van der Waals surface area contributed by atoms with Crippen molar-refractivity contribution < 1.29 is 36.9 Å². The van der Waals surface area contributed by atoms with Gasteiger partial charge in [-0.05, 0) is 62.1 Å². The second kappa shape index (κ2) is 11.4. The Balaban J connectivity index is 1.76. The number of carbonyl (C=O) groups is 1. The molecule has 0 radical (unpaired) electrons. The largest absolute Gasteiger partial charge is 0.444 e. The number of benzene rings is 3.